The number of aromatic nitrogens is 2. The molecule has 12 nitrogen and oxygen atoms in total. The highest BCUT2D eigenvalue weighted by molar-refractivity contribution is 6.05. The summed E-state index contributed by atoms with van der Waals surface area (Å²) >= 11 is 0. The van der Waals surface area contributed by atoms with Crippen molar-refractivity contribution in [3.05, 3.63) is 30.6 Å². The van der Waals surface area contributed by atoms with E-state index in [0.717, 1.165) is 57.8 Å². The second-order valence-electron chi connectivity index (χ2n) is 8.78. The number of aliphatic hydroxyl groups is 1. The van der Waals surface area contributed by atoms with Gasteiger partial charge in [-0.15, -0.1) is 0 Å². The van der Waals surface area contributed by atoms with Crippen LogP contribution in [0.15, 0.2) is 30.6 Å². The Balaban J connectivity index is 0.000000371. The summed E-state index contributed by atoms with van der Waals surface area (Å²) in [5, 5.41) is 26.1. The maximum atomic E-state index is 12.5. The number of carbonyl (C=O) groups excluding carboxylic acids is 2. The van der Waals surface area contributed by atoms with Crippen molar-refractivity contribution in [2.75, 3.05) is 44.2 Å². The molecule has 190 valence electrons. The highest BCUT2D eigenvalue weighted by Crippen LogP contribution is 2.38. The standard InChI is InChI=1S/C19H27N5O3.C4H4O4/c25-14(13-24-17(26)15-4-1-2-5-16(15)18(24)27)12-22-8-10-23(11-9-22)19-20-6-3-7-21-19;5-3(6)1-2-4(7)8/h3,6-7,14-16,25H,1-2,4-5,8-13H2;1-2H,(H,5,6)(H,7,8)/b;2-1-/t14?,15-,16+;. The van der Waals surface area contributed by atoms with Gasteiger partial charge in [-0.05, 0) is 18.9 Å². The number of fused-ring (bicyclic) bond motifs is 1. The first kappa shape index (κ1) is 26.2. The lowest BCUT2D eigenvalue weighted by atomic mass is 9.81. The van der Waals surface area contributed by atoms with E-state index in [1.165, 1.54) is 4.90 Å². The number of aliphatic hydroxyl groups excluding tert-OH is 1. The van der Waals surface area contributed by atoms with Crippen molar-refractivity contribution >= 4 is 29.7 Å². The minimum atomic E-state index is -1.26. The van der Waals surface area contributed by atoms with Gasteiger partial charge in [0.2, 0.25) is 17.8 Å². The molecule has 2 aliphatic heterocycles. The number of rotatable bonds is 7. The van der Waals surface area contributed by atoms with E-state index in [1.54, 1.807) is 18.5 Å². The topological polar surface area (TPSA) is 164 Å². The van der Waals surface area contributed by atoms with Gasteiger partial charge < -0.3 is 20.2 Å². The van der Waals surface area contributed by atoms with Crippen LogP contribution in [0.2, 0.25) is 0 Å². The molecule has 3 N–H and O–H groups in total. The van der Waals surface area contributed by atoms with E-state index in [-0.39, 0.29) is 30.2 Å². The van der Waals surface area contributed by atoms with Gasteiger partial charge in [0.1, 0.15) is 0 Å². The first-order chi connectivity index (χ1) is 16.8. The molecule has 0 spiro atoms. The van der Waals surface area contributed by atoms with E-state index < -0.39 is 18.0 Å². The Bertz CT molecular complexity index is 893. The molecular weight excluding hydrogens is 458 g/mol. The lowest BCUT2D eigenvalue weighted by molar-refractivity contribution is -0.142. The van der Waals surface area contributed by atoms with Gasteiger partial charge in [0, 0.05) is 57.3 Å². The second-order valence-corrected chi connectivity index (χ2v) is 8.78. The number of hydrogen-bond donors (Lipinski definition) is 3. The summed E-state index contributed by atoms with van der Waals surface area (Å²) in [6, 6.07) is 1.80. The van der Waals surface area contributed by atoms with Crippen molar-refractivity contribution in [1.29, 1.82) is 0 Å². The maximum Gasteiger partial charge on any atom is 0.328 e. The highest BCUT2D eigenvalue weighted by atomic mass is 16.4. The Morgan fingerprint density at radius 1 is 0.914 bits per heavy atom. The predicted molar refractivity (Wildman–Crippen MR) is 123 cm³/mol. The van der Waals surface area contributed by atoms with Crippen LogP contribution in [-0.2, 0) is 19.2 Å². The first-order valence-corrected chi connectivity index (χ1v) is 11.7. The number of β-amino-alcohol motifs (C(OH)–C–C–N with tert-alkyl or cyclic N) is 1. The highest BCUT2D eigenvalue weighted by Gasteiger charge is 2.48. The monoisotopic (exact) mass is 489 g/mol. The average Bonchev–Trinajstić information content (AvgIpc) is 3.09. The third-order valence-corrected chi connectivity index (χ3v) is 6.37. The molecule has 0 radical (unpaired) electrons. The number of aliphatic carboxylic acids is 2. The number of piperazine rings is 1. The lowest BCUT2D eigenvalue weighted by Gasteiger charge is -2.35. The summed E-state index contributed by atoms with van der Waals surface area (Å²) in [7, 11) is 0. The van der Waals surface area contributed by atoms with Gasteiger partial charge in [0.15, 0.2) is 0 Å². The molecule has 3 fully saturated rings. The normalized spacial score (nSPS) is 23.6. The van der Waals surface area contributed by atoms with Gasteiger partial charge in [-0.3, -0.25) is 19.4 Å². The number of carboxylic acids is 2. The van der Waals surface area contributed by atoms with Gasteiger partial charge in [0.25, 0.3) is 0 Å². The molecule has 1 aliphatic carbocycles. The summed E-state index contributed by atoms with van der Waals surface area (Å²) in [4.78, 5) is 58.3. The Morgan fingerprint density at radius 2 is 1.43 bits per heavy atom. The summed E-state index contributed by atoms with van der Waals surface area (Å²) in [6.45, 7) is 3.76. The average molecular weight is 490 g/mol. The molecule has 35 heavy (non-hydrogen) atoms. The molecule has 3 atom stereocenters. The predicted octanol–water partition coefficient (Wildman–Crippen LogP) is -0.153. The zero-order chi connectivity index (χ0) is 25.4. The zero-order valence-electron chi connectivity index (χ0n) is 19.4. The number of hydrogen-bond acceptors (Lipinski definition) is 9. The summed E-state index contributed by atoms with van der Waals surface area (Å²) in [5.41, 5.74) is 0. The van der Waals surface area contributed by atoms with Gasteiger partial charge >= 0.3 is 11.9 Å². The molecule has 3 heterocycles. The van der Waals surface area contributed by atoms with Crippen molar-refractivity contribution in [2.45, 2.75) is 31.8 Å². The quantitative estimate of drug-likeness (QED) is 0.344. The summed E-state index contributed by atoms with van der Waals surface area (Å²) in [5.74, 6) is -2.22. The molecule has 1 saturated carbocycles. The van der Waals surface area contributed by atoms with Crippen LogP contribution in [0.1, 0.15) is 25.7 Å². The van der Waals surface area contributed by atoms with Crippen LogP contribution in [0.25, 0.3) is 0 Å². The Hall–Kier alpha value is -3.38. The van der Waals surface area contributed by atoms with Gasteiger partial charge in [-0.1, -0.05) is 12.8 Å². The number of nitrogens with zero attached hydrogens (tertiary/aromatic N) is 5. The van der Waals surface area contributed by atoms with Crippen LogP contribution >= 0.6 is 0 Å². The smallest absolute Gasteiger partial charge is 0.328 e. The number of imide groups is 1. The van der Waals surface area contributed by atoms with E-state index in [9.17, 15) is 24.3 Å². The molecule has 1 aromatic rings. The molecule has 3 aliphatic rings. The molecule has 1 aromatic heterocycles. The number of anilines is 1. The largest absolute Gasteiger partial charge is 0.478 e. The van der Waals surface area contributed by atoms with Crippen molar-refractivity contribution in [2.24, 2.45) is 11.8 Å². The molecular formula is C23H31N5O7. The molecule has 2 saturated heterocycles. The van der Waals surface area contributed by atoms with Crippen LogP contribution in [0.5, 0.6) is 0 Å². The van der Waals surface area contributed by atoms with Crippen molar-refractivity contribution in [1.82, 2.24) is 19.8 Å². The molecule has 2 amide bonds. The fourth-order valence-electron chi connectivity index (χ4n) is 4.70. The lowest BCUT2D eigenvalue weighted by Crippen LogP contribution is -2.51. The molecule has 0 bridgehead atoms. The maximum absolute atomic E-state index is 12.5. The molecule has 0 aromatic carbocycles. The fraction of sp³-hybridized carbons (Fsp3) is 0.565. The summed E-state index contributed by atoms with van der Waals surface area (Å²) < 4.78 is 0. The van der Waals surface area contributed by atoms with Gasteiger partial charge in [0.05, 0.1) is 24.5 Å². The molecule has 1 unspecified atom stereocenters. The van der Waals surface area contributed by atoms with Crippen LogP contribution in [0.4, 0.5) is 5.95 Å². The van der Waals surface area contributed by atoms with Gasteiger partial charge in [-0.2, -0.15) is 0 Å². The first-order valence-electron chi connectivity index (χ1n) is 11.7. The van der Waals surface area contributed by atoms with Crippen molar-refractivity contribution in [3.8, 4) is 0 Å². The Morgan fingerprint density at radius 3 is 1.91 bits per heavy atom. The minimum Gasteiger partial charge on any atom is -0.478 e. The number of likely N-dealkylation sites (tertiary alicyclic amines) is 1. The van der Waals surface area contributed by atoms with E-state index in [1.807, 2.05) is 0 Å². The third-order valence-electron chi connectivity index (χ3n) is 6.37. The Kier molecular flexibility index (Phi) is 9.26. The molecule has 4 rings (SSSR count). The SMILES string of the molecule is O=C(O)/C=C\C(=O)O.O=C1[C@H]2CCCC[C@H]2C(=O)N1CC(O)CN1CCN(c2ncccn2)CC1. The van der Waals surface area contributed by atoms with Crippen molar-refractivity contribution < 1.29 is 34.5 Å². The molecule has 12 heteroatoms. The van der Waals surface area contributed by atoms with Gasteiger partial charge in [-0.25, -0.2) is 19.6 Å². The third kappa shape index (κ3) is 7.30. The van der Waals surface area contributed by atoms with Crippen molar-refractivity contribution in [3.63, 3.8) is 0 Å². The van der Waals surface area contributed by atoms with E-state index in [2.05, 4.69) is 19.8 Å². The summed E-state index contributed by atoms with van der Waals surface area (Å²) in [6.07, 6.45) is 7.54. The van der Waals surface area contributed by atoms with Crippen LogP contribution in [0, 0.1) is 11.8 Å². The number of amides is 2. The second kappa shape index (κ2) is 12.4. The van der Waals surface area contributed by atoms with Crippen LogP contribution in [0.3, 0.4) is 0 Å². The van der Waals surface area contributed by atoms with E-state index >= 15 is 0 Å². The van der Waals surface area contributed by atoms with E-state index in [4.69, 9.17) is 10.2 Å². The zero-order valence-corrected chi connectivity index (χ0v) is 19.4. The number of carboxylic acid groups (broad SMARTS) is 2. The Labute approximate surface area is 202 Å². The van der Waals surface area contributed by atoms with E-state index in [0.29, 0.717) is 18.7 Å². The fourth-order valence-corrected chi connectivity index (χ4v) is 4.70. The number of carbonyl (C=O) groups is 4. The van der Waals surface area contributed by atoms with Crippen LogP contribution < -0.4 is 4.90 Å². The minimum absolute atomic E-state index is 0.0743. The van der Waals surface area contributed by atoms with Crippen LogP contribution in [-0.4, -0.2) is 104 Å².